The Morgan fingerprint density at radius 2 is 1.86 bits per heavy atom. The van der Waals surface area contributed by atoms with Crippen LogP contribution in [0.5, 0.6) is 5.75 Å². The molecular weight excluding hydrogens is 346 g/mol. The average molecular weight is 374 g/mol. The number of nitrogens with one attached hydrogen (secondary N) is 1. The number of aryl methyl sites for hydroxylation is 2. The summed E-state index contributed by atoms with van der Waals surface area (Å²) in [6.45, 7) is 5.37. The summed E-state index contributed by atoms with van der Waals surface area (Å²) in [5.41, 5.74) is 12.5. The van der Waals surface area contributed by atoms with Crippen LogP contribution in [0.4, 0.5) is 0 Å². The fourth-order valence-electron chi connectivity index (χ4n) is 3.92. The van der Waals surface area contributed by atoms with Gasteiger partial charge in [0, 0.05) is 27.5 Å². The Labute approximate surface area is 165 Å². The van der Waals surface area contributed by atoms with Gasteiger partial charge in [0.05, 0.1) is 12.3 Å². The van der Waals surface area contributed by atoms with Gasteiger partial charge in [-0.3, -0.25) is 0 Å². The van der Waals surface area contributed by atoms with Crippen molar-refractivity contribution in [3.63, 3.8) is 0 Å². The third kappa shape index (κ3) is 3.36. The molecule has 2 heterocycles. The molecule has 2 aromatic carbocycles. The largest absolute Gasteiger partial charge is 0.492 e. The molecule has 0 unspecified atom stereocenters. The highest BCUT2D eigenvalue weighted by molar-refractivity contribution is 6.01. The Balaban J connectivity index is 1.93. The fraction of sp³-hybridized carbons (Fsp3) is 0.292. The molecule has 0 radical (unpaired) electrons. The van der Waals surface area contributed by atoms with Crippen LogP contribution in [-0.4, -0.2) is 23.1 Å². The summed E-state index contributed by atoms with van der Waals surface area (Å²) in [7, 11) is 0. The van der Waals surface area contributed by atoms with Crippen molar-refractivity contribution < 1.29 is 4.74 Å². The van der Waals surface area contributed by atoms with Crippen LogP contribution in [-0.2, 0) is 6.42 Å². The van der Waals surface area contributed by atoms with Crippen LogP contribution < -0.4 is 10.5 Å². The zero-order valence-electron chi connectivity index (χ0n) is 16.6. The Bertz CT molecular complexity index is 1110. The van der Waals surface area contributed by atoms with Crippen molar-refractivity contribution in [1.29, 1.82) is 0 Å². The second-order valence-corrected chi connectivity index (χ2v) is 7.16. The maximum atomic E-state index is 5.85. The number of nitrogens with two attached hydrogens (primary N) is 1. The molecule has 4 nitrogen and oxygen atoms in total. The lowest BCUT2D eigenvalue weighted by molar-refractivity contribution is 0.343. The van der Waals surface area contributed by atoms with E-state index in [1.807, 2.05) is 19.9 Å². The molecule has 0 amide bonds. The van der Waals surface area contributed by atoms with E-state index < -0.39 is 0 Å². The molecule has 0 fully saturated rings. The van der Waals surface area contributed by atoms with Crippen LogP contribution in [0.2, 0.25) is 0 Å². The van der Waals surface area contributed by atoms with E-state index in [1.54, 1.807) is 0 Å². The SMILES string of the molecule is CCOc1ccc(-c2[nH]c3ccccc3c2CCCCN)c2ccc(C)nc12. The number of pyridine rings is 1. The first-order valence-electron chi connectivity index (χ1n) is 10.1. The molecule has 144 valence electrons. The van der Waals surface area contributed by atoms with Gasteiger partial charge in [0.1, 0.15) is 11.3 Å². The normalized spacial score (nSPS) is 11.4. The predicted octanol–water partition coefficient (Wildman–Crippen LogP) is 5.37. The Hall–Kier alpha value is -2.85. The van der Waals surface area contributed by atoms with Crippen LogP contribution in [0.1, 0.15) is 31.0 Å². The molecule has 0 atom stereocenters. The molecule has 0 saturated carbocycles. The molecule has 2 aromatic heterocycles. The number of hydrogen-bond acceptors (Lipinski definition) is 3. The number of unbranched alkanes of at least 4 members (excludes halogenated alkanes) is 1. The molecule has 0 bridgehead atoms. The van der Waals surface area contributed by atoms with Gasteiger partial charge in [-0.25, -0.2) is 4.98 Å². The number of benzene rings is 2. The van der Waals surface area contributed by atoms with Crippen molar-refractivity contribution in [1.82, 2.24) is 9.97 Å². The quantitative estimate of drug-likeness (QED) is 0.428. The summed E-state index contributed by atoms with van der Waals surface area (Å²) < 4.78 is 5.85. The van der Waals surface area contributed by atoms with Crippen LogP contribution >= 0.6 is 0 Å². The standard InChI is InChI=1S/C24H27N3O/c1-3-28-22-14-13-19(20-12-11-16(2)26-24(20)22)23-18(9-6-7-15-25)17-8-4-5-10-21(17)27-23/h4-5,8,10-14,27H,3,6-7,9,15,25H2,1-2H3. The van der Waals surface area contributed by atoms with Crippen molar-refractivity contribution >= 4 is 21.8 Å². The number of hydrogen-bond donors (Lipinski definition) is 2. The number of aromatic amines is 1. The van der Waals surface area contributed by atoms with Gasteiger partial charge >= 0.3 is 0 Å². The van der Waals surface area contributed by atoms with Crippen molar-refractivity contribution in [3.8, 4) is 17.0 Å². The zero-order chi connectivity index (χ0) is 19.5. The van der Waals surface area contributed by atoms with E-state index in [0.717, 1.165) is 48.2 Å². The second kappa shape index (κ2) is 8.03. The van der Waals surface area contributed by atoms with Gasteiger partial charge < -0.3 is 15.5 Å². The summed E-state index contributed by atoms with van der Waals surface area (Å²) in [6, 6.07) is 16.9. The lowest BCUT2D eigenvalue weighted by Crippen LogP contribution is -2.00. The number of ether oxygens (including phenoxy) is 1. The third-order valence-electron chi connectivity index (χ3n) is 5.22. The second-order valence-electron chi connectivity index (χ2n) is 7.16. The highest BCUT2D eigenvalue weighted by atomic mass is 16.5. The molecule has 4 aromatic rings. The smallest absolute Gasteiger partial charge is 0.145 e. The molecule has 28 heavy (non-hydrogen) atoms. The molecule has 3 N–H and O–H groups in total. The molecule has 4 rings (SSSR count). The van der Waals surface area contributed by atoms with E-state index in [1.165, 1.54) is 27.7 Å². The summed E-state index contributed by atoms with van der Waals surface area (Å²) in [5.74, 6) is 0.839. The van der Waals surface area contributed by atoms with E-state index in [-0.39, 0.29) is 0 Å². The Kier molecular flexibility index (Phi) is 5.31. The number of fused-ring (bicyclic) bond motifs is 2. The van der Waals surface area contributed by atoms with Gasteiger partial charge in [-0.15, -0.1) is 0 Å². The molecule has 0 aliphatic heterocycles. The summed E-state index contributed by atoms with van der Waals surface area (Å²) in [6.07, 6.45) is 3.12. The summed E-state index contributed by atoms with van der Waals surface area (Å²) >= 11 is 0. The molecular formula is C24H27N3O. The summed E-state index contributed by atoms with van der Waals surface area (Å²) in [4.78, 5) is 8.45. The lowest BCUT2D eigenvalue weighted by Gasteiger charge is -2.12. The van der Waals surface area contributed by atoms with E-state index in [2.05, 4.69) is 47.4 Å². The van der Waals surface area contributed by atoms with Crippen LogP contribution in [0.15, 0.2) is 48.5 Å². The lowest BCUT2D eigenvalue weighted by atomic mass is 9.97. The van der Waals surface area contributed by atoms with Gasteiger partial charge in [-0.05, 0) is 69.5 Å². The average Bonchev–Trinajstić information content (AvgIpc) is 3.07. The molecule has 0 saturated heterocycles. The molecule has 0 spiro atoms. The Morgan fingerprint density at radius 1 is 1.00 bits per heavy atom. The van der Waals surface area contributed by atoms with E-state index in [9.17, 15) is 0 Å². The monoisotopic (exact) mass is 373 g/mol. The third-order valence-corrected chi connectivity index (χ3v) is 5.22. The minimum Gasteiger partial charge on any atom is -0.492 e. The highest BCUT2D eigenvalue weighted by Gasteiger charge is 2.17. The van der Waals surface area contributed by atoms with E-state index >= 15 is 0 Å². The fourth-order valence-corrected chi connectivity index (χ4v) is 3.92. The van der Waals surface area contributed by atoms with Crippen molar-refractivity contribution in [2.24, 2.45) is 5.73 Å². The first-order chi connectivity index (χ1) is 13.7. The highest BCUT2D eigenvalue weighted by Crippen LogP contribution is 2.38. The van der Waals surface area contributed by atoms with Gasteiger partial charge in [0.15, 0.2) is 0 Å². The van der Waals surface area contributed by atoms with E-state index in [0.29, 0.717) is 6.61 Å². The minimum absolute atomic E-state index is 0.626. The van der Waals surface area contributed by atoms with Crippen LogP contribution in [0.25, 0.3) is 33.1 Å². The summed E-state index contributed by atoms with van der Waals surface area (Å²) in [5, 5.41) is 2.40. The van der Waals surface area contributed by atoms with E-state index in [4.69, 9.17) is 15.5 Å². The van der Waals surface area contributed by atoms with Crippen LogP contribution in [0.3, 0.4) is 0 Å². The number of aromatic nitrogens is 2. The molecule has 0 aliphatic carbocycles. The van der Waals surface area contributed by atoms with Gasteiger partial charge in [-0.2, -0.15) is 0 Å². The van der Waals surface area contributed by atoms with Crippen LogP contribution in [0, 0.1) is 6.92 Å². The van der Waals surface area contributed by atoms with Gasteiger partial charge in [0.2, 0.25) is 0 Å². The Morgan fingerprint density at radius 3 is 2.68 bits per heavy atom. The minimum atomic E-state index is 0.626. The molecule has 4 heteroatoms. The van der Waals surface area contributed by atoms with Crippen molar-refractivity contribution in [2.45, 2.75) is 33.1 Å². The topological polar surface area (TPSA) is 63.9 Å². The van der Waals surface area contributed by atoms with Crippen molar-refractivity contribution in [3.05, 3.63) is 59.8 Å². The number of H-pyrrole nitrogens is 1. The maximum Gasteiger partial charge on any atom is 0.145 e. The number of para-hydroxylation sites is 1. The van der Waals surface area contributed by atoms with Gasteiger partial charge in [0.25, 0.3) is 0 Å². The predicted molar refractivity (Wildman–Crippen MR) is 117 cm³/mol. The zero-order valence-corrected chi connectivity index (χ0v) is 16.6. The van der Waals surface area contributed by atoms with Crippen molar-refractivity contribution in [2.75, 3.05) is 13.2 Å². The van der Waals surface area contributed by atoms with Gasteiger partial charge in [-0.1, -0.05) is 24.3 Å². The molecule has 0 aliphatic rings. The number of nitrogens with zero attached hydrogens (tertiary/aromatic N) is 1. The first-order valence-corrected chi connectivity index (χ1v) is 10.1. The first kappa shape index (κ1) is 18.5. The number of rotatable bonds is 7. The maximum absolute atomic E-state index is 5.85.